The Bertz CT molecular complexity index is 1100. The smallest absolute Gasteiger partial charge is 0.322 e. The molecular weight excluding hydrogens is 423 g/mol. The molecule has 1 amide bonds. The molecule has 1 atom stereocenters. The Balaban J connectivity index is 1.83. The van der Waals surface area contributed by atoms with E-state index in [4.69, 9.17) is 16.7 Å². The van der Waals surface area contributed by atoms with Crippen LogP contribution in [-0.2, 0) is 26.0 Å². The minimum Gasteiger partial charge on any atom is -0.480 e. The number of sulfonamides is 1. The second kappa shape index (κ2) is 8.32. The molecule has 0 aromatic heterocycles. The highest BCUT2D eigenvalue weighted by atomic mass is 35.5. The Morgan fingerprint density at radius 3 is 2.48 bits per heavy atom. The fourth-order valence-corrected chi connectivity index (χ4v) is 4.35. The Morgan fingerprint density at radius 2 is 1.83 bits per heavy atom. The SMILES string of the molecule is O=C(O)CNC(=O)Cc1c(Cl)ccc2c1C=CC2NS(=O)(=O)c1ccc(F)cc1. The largest absolute Gasteiger partial charge is 0.480 e. The summed E-state index contributed by atoms with van der Waals surface area (Å²) in [4.78, 5) is 22.5. The van der Waals surface area contributed by atoms with Crippen LogP contribution in [0.5, 0.6) is 0 Å². The number of hydrogen-bond acceptors (Lipinski definition) is 4. The Morgan fingerprint density at radius 1 is 1.14 bits per heavy atom. The molecule has 152 valence electrons. The van der Waals surface area contributed by atoms with Gasteiger partial charge in [0.25, 0.3) is 0 Å². The molecular formula is C19H16ClFN2O5S. The third kappa shape index (κ3) is 4.81. The van der Waals surface area contributed by atoms with Crippen molar-refractivity contribution in [3.8, 4) is 0 Å². The lowest BCUT2D eigenvalue weighted by Gasteiger charge is -2.16. The average molecular weight is 439 g/mol. The maximum absolute atomic E-state index is 13.1. The molecule has 1 aliphatic rings. The van der Waals surface area contributed by atoms with Crippen LogP contribution in [0, 0.1) is 5.82 Å². The number of fused-ring (bicyclic) bond motifs is 1. The number of aliphatic carboxylic acids is 1. The second-order valence-electron chi connectivity index (χ2n) is 6.29. The van der Waals surface area contributed by atoms with Gasteiger partial charge in [-0.3, -0.25) is 9.59 Å². The van der Waals surface area contributed by atoms with Crippen molar-refractivity contribution in [3.05, 3.63) is 70.0 Å². The van der Waals surface area contributed by atoms with Crippen molar-refractivity contribution in [3.63, 3.8) is 0 Å². The number of carbonyl (C=O) groups excluding carboxylic acids is 1. The van der Waals surface area contributed by atoms with Gasteiger partial charge in [0.2, 0.25) is 15.9 Å². The van der Waals surface area contributed by atoms with E-state index >= 15 is 0 Å². The molecule has 3 N–H and O–H groups in total. The van der Waals surface area contributed by atoms with Crippen LogP contribution in [0.1, 0.15) is 22.7 Å². The summed E-state index contributed by atoms with van der Waals surface area (Å²) in [7, 11) is -3.91. The molecule has 2 aromatic carbocycles. The summed E-state index contributed by atoms with van der Waals surface area (Å²) >= 11 is 6.20. The predicted octanol–water partition coefficient (Wildman–Crippen LogP) is 2.27. The van der Waals surface area contributed by atoms with Crippen molar-refractivity contribution < 1.29 is 27.5 Å². The molecule has 7 nitrogen and oxygen atoms in total. The molecule has 3 rings (SSSR count). The Kier molecular flexibility index (Phi) is 6.02. The van der Waals surface area contributed by atoms with Gasteiger partial charge in [-0.05, 0) is 47.0 Å². The van der Waals surface area contributed by atoms with Gasteiger partial charge in [-0.15, -0.1) is 0 Å². The van der Waals surface area contributed by atoms with Gasteiger partial charge in [0.05, 0.1) is 17.4 Å². The first-order valence-electron chi connectivity index (χ1n) is 8.43. The van der Waals surface area contributed by atoms with Gasteiger partial charge >= 0.3 is 5.97 Å². The van der Waals surface area contributed by atoms with Gasteiger partial charge in [-0.2, -0.15) is 4.72 Å². The third-order valence-corrected chi connectivity index (χ3v) is 6.12. The zero-order chi connectivity index (χ0) is 21.2. The first-order valence-corrected chi connectivity index (χ1v) is 10.3. The molecule has 0 saturated heterocycles. The summed E-state index contributed by atoms with van der Waals surface area (Å²) < 4.78 is 40.7. The number of carboxylic acid groups (broad SMARTS) is 1. The normalized spacial score (nSPS) is 15.2. The standard InChI is InChI=1S/C19H16ClFN2O5S/c20-16-7-5-14-13(15(16)9-18(24)22-10-19(25)26)6-8-17(14)23-29(27,28)12-3-1-11(21)2-4-12/h1-8,17,23H,9-10H2,(H,22,24)(H,25,26). The lowest BCUT2D eigenvalue weighted by Crippen LogP contribution is -2.31. The van der Waals surface area contributed by atoms with Crippen molar-refractivity contribution in [1.82, 2.24) is 10.0 Å². The van der Waals surface area contributed by atoms with E-state index in [0.29, 0.717) is 21.7 Å². The minimum absolute atomic E-state index is 0.0806. The second-order valence-corrected chi connectivity index (χ2v) is 8.41. The molecule has 0 saturated carbocycles. The van der Waals surface area contributed by atoms with E-state index in [-0.39, 0.29) is 11.3 Å². The van der Waals surface area contributed by atoms with Gasteiger partial charge in [-0.1, -0.05) is 29.8 Å². The van der Waals surface area contributed by atoms with Gasteiger partial charge in [0, 0.05) is 5.02 Å². The lowest BCUT2D eigenvalue weighted by atomic mass is 9.99. The maximum atomic E-state index is 13.1. The van der Waals surface area contributed by atoms with E-state index in [1.165, 1.54) is 0 Å². The molecule has 0 aliphatic heterocycles. The molecule has 0 heterocycles. The summed E-state index contributed by atoms with van der Waals surface area (Å²) in [5, 5.41) is 11.2. The molecule has 0 fully saturated rings. The van der Waals surface area contributed by atoms with E-state index in [1.54, 1.807) is 24.3 Å². The fraction of sp³-hybridized carbons (Fsp3) is 0.158. The number of hydrogen-bond donors (Lipinski definition) is 3. The Hall–Kier alpha value is -2.75. The quantitative estimate of drug-likeness (QED) is 0.613. The molecule has 29 heavy (non-hydrogen) atoms. The molecule has 0 spiro atoms. The maximum Gasteiger partial charge on any atom is 0.322 e. The van der Waals surface area contributed by atoms with Crippen LogP contribution in [-0.4, -0.2) is 31.9 Å². The number of rotatable bonds is 7. The van der Waals surface area contributed by atoms with Gasteiger partial charge in [0.1, 0.15) is 12.4 Å². The van der Waals surface area contributed by atoms with E-state index in [9.17, 15) is 22.4 Å². The van der Waals surface area contributed by atoms with Crippen molar-refractivity contribution in [2.75, 3.05) is 6.54 Å². The number of carboxylic acids is 1. The van der Waals surface area contributed by atoms with Crippen LogP contribution in [0.2, 0.25) is 5.02 Å². The van der Waals surface area contributed by atoms with E-state index in [2.05, 4.69) is 10.0 Å². The number of nitrogens with one attached hydrogen (secondary N) is 2. The summed E-state index contributed by atoms with van der Waals surface area (Å²) in [6.45, 7) is -0.512. The van der Waals surface area contributed by atoms with Crippen LogP contribution in [0.4, 0.5) is 4.39 Å². The summed E-state index contributed by atoms with van der Waals surface area (Å²) in [6, 6.07) is 6.94. The average Bonchev–Trinajstić information content (AvgIpc) is 3.05. The highest BCUT2D eigenvalue weighted by Crippen LogP contribution is 2.35. The van der Waals surface area contributed by atoms with Crippen LogP contribution < -0.4 is 10.0 Å². The monoisotopic (exact) mass is 438 g/mol. The molecule has 0 bridgehead atoms. The summed E-state index contributed by atoms with van der Waals surface area (Å²) in [5.41, 5.74) is 1.66. The summed E-state index contributed by atoms with van der Waals surface area (Å²) in [5.74, 6) is -2.24. The van der Waals surface area contributed by atoms with Crippen LogP contribution >= 0.6 is 11.6 Å². The van der Waals surface area contributed by atoms with Gasteiger partial charge in [-0.25, -0.2) is 12.8 Å². The first-order chi connectivity index (χ1) is 13.7. The number of carbonyl (C=O) groups is 2. The van der Waals surface area contributed by atoms with E-state index < -0.39 is 40.3 Å². The number of amides is 1. The minimum atomic E-state index is -3.91. The van der Waals surface area contributed by atoms with Gasteiger partial charge in [0.15, 0.2) is 0 Å². The highest BCUT2D eigenvalue weighted by molar-refractivity contribution is 7.89. The van der Waals surface area contributed by atoms with Crippen LogP contribution in [0.25, 0.3) is 6.08 Å². The van der Waals surface area contributed by atoms with Crippen LogP contribution in [0.15, 0.2) is 47.4 Å². The predicted molar refractivity (Wildman–Crippen MR) is 104 cm³/mol. The fourth-order valence-electron chi connectivity index (χ4n) is 2.95. The first kappa shape index (κ1) is 21.0. The zero-order valence-corrected chi connectivity index (χ0v) is 16.4. The van der Waals surface area contributed by atoms with E-state index in [1.807, 2.05) is 0 Å². The van der Waals surface area contributed by atoms with Crippen molar-refractivity contribution >= 4 is 39.6 Å². The molecule has 0 radical (unpaired) electrons. The summed E-state index contributed by atoms with van der Waals surface area (Å²) in [6.07, 6.45) is 3.11. The van der Waals surface area contributed by atoms with Crippen molar-refractivity contribution in [2.45, 2.75) is 17.4 Å². The van der Waals surface area contributed by atoms with E-state index in [0.717, 1.165) is 24.3 Å². The molecule has 2 aromatic rings. The Labute approximate surface area is 171 Å². The third-order valence-electron chi connectivity index (χ3n) is 4.30. The zero-order valence-electron chi connectivity index (χ0n) is 14.9. The van der Waals surface area contributed by atoms with Crippen LogP contribution in [0.3, 0.4) is 0 Å². The molecule has 1 unspecified atom stereocenters. The molecule has 10 heteroatoms. The van der Waals surface area contributed by atoms with Crippen molar-refractivity contribution in [1.29, 1.82) is 0 Å². The number of halogens is 2. The topological polar surface area (TPSA) is 113 Å². The van der Waals surface area contributed by atoms with Gasteiger partial charge < -0.3 is 10.4 Å². The van der Waals surface area contributed by atoms with Crippen molar-refractivity contribution in [2.24, 2.45) is 0 Å². The number of benzene rings is 2. The highest BCUT2D eigenvalue weighted by Gasteiger charge is 2.27. The lowest BCUT2D eigenvalue weighted by molar-refractivity contribution is -0.137. The molecule has 1 aliphatic carbocycles.